The Labute approximate surface area is 172 Å². The van der Waals surface area contributed by atoms with Crippen molar-refractivity contribution in [2.75, 3.05) is 11.9 Å². The highest BCUT2D eigenvalue weighted by atomic mass is 35.5. The molecule has 2 aromatic carbocycles. The normalized spacial score (nSPS) is 15.6. The van der Waals surface area contributed by atoms with Crippen LogP contribution in [0.15, 0.2) is 59.8 Å². The Morgan fingerprint density at radius 2 is 1.90 bits per heavy atom. The van der Waals surface area contributed by atoms with Gasteiger partial charge in [0.25, 0.3) is 0 Å². The fraction of sp³-hybridized carbons (Fsp3) is 0.190. The zero-order valence-corrected chi connectivity index (χ0v) is 16.6. The van der Waals surface area contributed by atoms with E-state index in [1.54, 1.807) is 54.9 Å². The summed E-state index contributed by atoms with van der Waals surface area (Å²) in [6.45, 7) is 3.83. The number of anilines is 1. The molecule has 0 saturated carbocycles. The number of hydrogen-bond acceptors (Lipinski definition) is 6. The van der Waals surface area contributed by atoms with Crippen LogP contribution < -0.4 is 5.32 Å². The molecule has 0 saturated heterocycles. The number of phenols is 1. The molecule has 0 fully saturated rings. The van der Waals surface area contributed by atoms with E-state index in [9.17, 15) is 9.90 Å². The van der Waals surface area contributed by atoms with Crippen molar-refractivity contribution in [2.24, 2.45) is 0 Å². The van der Waals surface area contributed by atoms with Crippen LogP contribution in [0.3, 0.4) is 0 Å². The maximum absolute atomic E-state index is 12.7. The van der Waals surface area contributed by atoms with Gasteiger partial charge in [-0.05, 0) is 55.8 Å². The molecular formula is C21H19ClN4O3. The molecule has 148 valence electrons. The molecule has 1 aromatic heterocycles. The molecule has 1 atom stereocenters. The van der Waals surface area contributed by atoms with E-state index < -0.39 is 12.0 Å². The van der Waals surface area contributed by atoms with Crippen molar-refractivity contribution in [2.45, 2.75) is 19.9 Å². The molecule has 2 N–H and O–H groups in total. The van der Waals surface area contributed by atoms with Crippen LogP contribution in [0.4, 0.5) is 5.95 Å². The second-order valence-corrected chi connectivity index (χ2v) is 7.03. The quantitative estimate of drug-likeness (QED) is 0.628. The average molecular weight is 411 g/mol. The van der Waals surface area contributed by atoms with Crippen molar-refractivity contribution < 1.29 is 14.6 Å². The Morgan fingerprint density at radius 3 is 2.55 bits per heavy atom. The second-order valence-electron chi connectivity index (χ2n) is 6.59. The number of nitrogens with zero attached hydrogens (tertiary/aromatic N) is 3. The summed E-state index contributed by atoms with van der Waals surface area (Å²) in [6.07, 6.45) is 0. The van der Waals surface area contributed by atoms with Crippen molar-refractivity contribution in [3.8, 4) is 17.1 Å². The van der Waals surface area contributed by atoms with Gasteiger partial charge in [0, 0.05) is 16.3 Å². The summed E-state index contributed by atoms with van der Waals surface area (Å²) in [5, 5.41) is 18.1. The lowest BCUT2D eigenvalue weighted by atomic mass is 9.96. The van der Waals surface area contributed by atoms with Crippen LogP contribution in [0.25, 0.3) is 11.4 Å². The predicted octanol–water partition coefficient (Wildman–Crippen LogP) is 4.16. The highest BCUT2D eigenvalue weighted by molar-refractivity contribution is 6.30. The summed E-state index contributed by atoms with van der Waals surface area (Å²) in [4.78, 5) is 17.3. The van der Waals surface area contributed by atoms with E-state index in [0.29, 0.717) is 28.1 Å². The Hall–Kier alpha value is -3.32. The minimum atomic E-state index is -0.542. The topological polar surface area (TPSA) is 89.3 Å². The minimum Gasteiger partial charge on any atom is -0.508 e. The molecule has 0 bridgehead atoms. The van der Waals surface area contributed by atoms with Gasteiger partial charge in [0.2, 0.25) is 5.95 Å². The third-order valence-electron chi connectivity index (χ3n) is 4.66. The molecule has 0 radical (unpaired) electrons. The highest BCUT2D eigenvalue weighted by Crippen LogP contribution is 2.37. The van der Waals surface area contributed by atoms with Crippen LogP contribution in [-0.2, 0) is 9.53 Å². The monoisotopic (exact) mass is 410 g/mol. The molecule has 0 aliphatic carbocycles. The fourth-order valence-electron chi connectivity index (χ4n) is 3.31. The first-order valence-electron chi connectivity index (χ1n) is 9.14. The number of ether oxygens (including phenoxy) is 1. The van der Waals surface area contributed by atoms with Gasteiger partial charge < -0.3 is 15.2 Å². The van der Waals surface area contributed by atoms with E-state index in [1.807, 2.05) is 12.1 Å². The van der Waals surface area contributed by atoms with E-state index in [0.717, 1.165) is 11.1 Å². The SMILES string of the molecule is CCOC(=O)C1=C(C)Nc2nc(-c3ccc(Cl)cc3)nn2C1c1ccc(O)cc1. The fourth-order valence-corrected chi connectivity index (χ4v) is 3.44. The largest absolute Gasteiger partial charge is 0.508 e. The molecule has 7 nitrogen and oxygen atoms in total. The number of aromatic nitrogens is 3. The van der Waals surface area contributed by atoms with Gasteiger partial charge in [-0.2, -0.15) is 4.98 Å². The molecule has 0 amide bonds. The van der Waals surface area contributed by atoms with E-state index >= 15 is 0 Å². The zero-order chi connectivity index (χ0) is 20.5. The number of fused-ring (bicyclic) bond motifs is 1. The van der Waals surface area contributed by atoms with Gasteiger partial charge in [-0.25, -0.2) is 9.48 Å². The number of phenolic OH excluding ortho intramolecular Hbond substituents is 1. The van der Waals surface area contributed by atoms with Crippen LogP contribution in [0, 0.1) is 0 Å². The molecule has 1 unspecified atom stereocenters. The number of benzene rings is 2. The van der Waals surface area contributed by atoms with Gasteiger partial charge >= 0.3 is 5.97 Å². The number of hydrogen-bond donors (Lipinski definition) is 2. The number of carbonyl (C=O) groups excluding carboxylic acids is 1. The van der Waals surface area contributed by atoms with Gasteiger partial charge in [-0.1, -0.05) is 23.7 Å². The summed E-state index contributed by atoms with van der Waals surface area (Å²) in [7, 11) is 0. The van der Waals surface area contributed by atoms with Crippen LogP contribution in [0.5, 0.6) is 5.75 Å². The van der Waals surface area contributed by atoms with E-state index in [4.69, 9.17) is 16.3 Å². The molecule has 8 heteroatoms. The first kappa shape index (κ1) is 19.0. The Bertz CT molecular complexity index is 1090. The number of halogens is 1. The lowest BCUT2D eigenvalue weighted by molar-refractivity contribution is -0.139. The molecule has 1 aliphatic heterocycles. The summed E-state index contributed by atoms with van der Waals surface area (Å²) < 4.78 is 6.95. The zero-order valence-electron chi connectivity index (χ0n) is 15.9. The summed E-state index contributed by atoms with van der Waals surface area (Å²) in [6, 6.07) is 13.3. The predicted molar refractivity (Wildman–Crippen MR) is 110 cm³/mol. The lowest BCUT2D eigenvalue weighted by Gasteiger charge is -2.28. The van der Waals surface area contributed by atoms with Crippen molar-refractivity contribution in [3.63, 3.8) is 0 Å². The standard InChI is InChI=1S/C21H19ClN4O3/c1-3-29-20(28)17-12(2)23-21-24-19(14-4-8-15(22)9-5-14)25-26(21)18(17)13-6-10-16(27)11-7-13/h4-11,18,27H,3H2,1-2H3,(H,23,24,25). The Morgan fingerprint density at radius 1 is 1.21 bits per heavy atom. The van der Waals surface area contributed by atoms with Crippen molar-refractivity contribution >= 4 is 23.5 Å². The van der Waals surface area contributed by atoms with Crippen molar-refractivity contribution in [1.29, 1.82) is 0 Å². The molecule has 1 aliphatic rings. The van der Waals surface area contributed by atoms with Crippen molar-refractivity contribution in [3.05, 3.63) is 70.4 Å². The first-order valence-corrected chi connectivity index (χ1v) is 9.52. The second kappa shape index (κ2) is 7.60. The van der Waals surface area contributed by atoms with Gasteiger partial charge in [0.05, 0.1) is 12.2 Å². The third kappa shape index (κ3) is 3.56. The number of allylic oxidation sites excluding steroid dienone is 1. The molecule has 4 rings (SSSR count). The number of nitrogens with one attached hydrogen (secondary N) is 1. The molecule has 3 aromatic rings. The van der Waals surface area contributed by atoms with Crippen LogP contribution in [0.1, 0.15) is 25.5 Å². The molecule has 2 heterocycles. The number of esters is 1. The summed E-state index contributed by atoms with van der Waals surface area (Å²) in [5.41, 5.74) is 2.67. The van der Waals surface area contributed by atoms with Gasteiger partial charge in [-0.3, -0.25) is 0 Å². The Kier molecular flexibility index (Phi) is 4.98. The molecule has 29 heavy (non-hydrogen) atoms. The maximum atomic E-state index is 12.7. The van der Waals surface area contributed by atoms with Crippen LogP contribution in [-0.4, -0.2) is 32.4 Å². The van der Waals surface area contributed by atoms with E-state index in [1.165, 1.54) is 0 Å². The van der Waals surface area contributed by atoms with Gasteiger partial charge in [0.1, 0.15) is 11.8 Å². The third-order valence-corrected chi connectivity index (χ3v) is 4.91. The maximum Gasteiger partial charge on any atom is 0.338 e. The highest BCUT2D eigenvalue weighted by Gasteiger charge is 2.35. The van der Waals surface area contributed by atoms with Crippen LogP contribution in [0.2, 0.25) is 5.02 Å². The number of aromatic hydroxyl groups is 1. The molecule has 0 spiro atoms. The van der Waals surface area contributed by atoms with Gasteiger partial charge in [-0.15, -0.1) is 5.10 Å². The van der Waals surface area contributed by atoms with E-state index in [-0.39, 0.29) is 12.4 Å². The Balaban J connectivity index is 1.85. The average Bonchev–Trinajstić information content (AvgIpc) is 3.12. The van der Waals surface area contributed by atoms with Crippen LogP contribution >= 0.6 is 11.6 Å². The van der Waals surface area contributed by atoms with E-state index in [2.05, 4.69) is 15.4 Å². The first-order chi connectivity index (χ1) is 14.0. The minimum absolute atomic E-state index is 0.140. The van der Waals surface area contributed by atoms with Gasteiger partial charge in [0.15, 0.2) is 5.82 Å². The number of rotatable bonds is 4. The smallest absolute Gasteiger partial charge is 0.338 e. The molecular weight excluding hydrogens is 392 g/mol. The summed E-state index contributed by atoms with van der Waals surface area (Å²) >= 11 is 5.98. The lowest BCUT2D eigenvalue weighted by Crippen LogP contribution is -2.29. The summed E-state index contributed by atoms with van der Waals surface area (Å²) in [5.74, 6) is 0.732. The number of carbonyl (C=O) groups is 1. The van der Waals surface area contributed by atoms with Crippen molar-refractivity contribution in [1.82, 2.24) is 14.8 Å².